The van der Waals surface area contributed by atoms with Crippen molar-refractivity contribution in [2.24, 2.45) is 0 Å². The van der Waals surface area contributed by atoms with Gasteiger partial charge in [0.1, 0.15) is 24.6 Å². The van der Waals surface area contributed by atoms with E-state index >= 15 is 0 Å². The minimum absolute atomic E-state index is 0.118. The van der Waals surface area contributed by atoms with Gasteiger partial charge in [0, 0.05) is 23.5 Å². The van der Waals surface area contributed by atoms with Crippen LogP contribution in [-0.2, 0) is 32.1 Å². The quantitative estimate of drug-likeness (QED) is 0.220. The molecule has 0 bridgehead atoms. The van der Waals surface area contributed by atoms with Crippen LogP contribution in [-0.4, -0.2) is 60.4 Å². The third-order valence-corrected chi connectivity index (χ3v) is 4.71. The number of ether oxygens (including phenoxy) is 4. The van der Waals surface area contributed by atoms with Gasteiger partial charge in [-0.05, 0) is 11.6 Å². The second kappa shape index (κ2) is 13.7. The lowest BCUT2D eigenvalue weighted by Crippen LogP contribution is -2.12. The zero-order chi connectivity index (χ0) is 24.0. The van der Waals surface area contributed by atoms with Gasteiger partial charge in [-0.1, -0.05) is 36.3 Å². The summed E-state index contributed by atoms with van der Waals surface area (Å²) in [6.07, 6.45) is 10.3. The summed E-state index contributed by atoms with van der Waals surface area (Å²) < 4.78 is 23.2. The van der Waals surface area contributed by atoms with Gasteiger partial charge in [-0.25, -0.2) is 9.78 Å². The summed E-state index contributed by atoms with van der Waals surface area (Å²) >= 11 is 0. The predicted octanol–water partition coefficient (Wildman–Crippen LogP) is 2.57. The average Bonchev–Trinajstić information content (AvgIpc) is 3.33. The van der Waals surface area contributed by atoms with Crippen LogP contribution in [0.1, 0.15) is 15.9 Å². The highest BCUT2D eigenvalue weighted by Crippen LogP contribution is 2.22. The van der Waals surface area contributed by atoms with Crippen LogP contribution < -0.4 is 5.73 Å². The molecular weight excluding hydrogens is 436 g/mol. The van der Waals surface area contributed by atoms with Crippen LogP contribution in [0.15, 0.2) is 55.0 Å². The summed E-state index contributed by atoms with van der Waals surface area (Å²) in [5.74, 6) is 1.99. The van der Waals surface area contributed by atoms with Gasteiger partial charge in [0.15, 0.2) is 0 Å². The molecule has 1 aromatic carbocycles. The van der Waals surface area contributed by atoms with E-state index in [-0.39, 0.29) is 24.6 Å². The summed E-state index contributed by atoms with van der Waals surface area (Å²) in [6.45, 7) is 3.39. The fourth-order valence-corrected chi connectivity index (χ4v) is 2.96. The molecule has 0 aliphatic carbocycles. The molecule has 9 heteroatoms. The number of nitrogens with zero attached hydrogens (tertiary/aromatic N) is 3. The molecular formula is C25H28N4O5. The number of esters is 1. The summed E-state index contributed by atoms with van der Waals surface area (Å²) in [6, 6.07) is 11.1. The smallest absolute Gasteiger partial charge is 0.342 e. The largest absolute Gasteiger partial charge is 0.457 e. The van der Waals surface area contributed by atoms with E-state index in [4.69, 9.17) is 31.1 Å². The Kier molecular flexibility index (Phi) is 10.1. The number of terminal acetylenes is 1. The molecule has 3 aromatic rings. The molecule has 0 fully saturated rings. The van der Waals surface area contributed by atoms with Gasteiger partial charge in [0.25, 0.3) is 0 Å². The zero-order valence-electron chi connectivity index (χ0n) is 18.9. The Balaban J connectivity index is 1.44. The van der Waals surface area contributed by atoms with Crippen molar-refractivity contribution in [2.75, 3.05) is 45.4 Å². The summed E-state index contributed by atoms with van der Waals surface area (Å²) in [5.41, 5.74) is 8.54. The number of nitrogens with two attached hydrogens (primary N) is 1. The van der Waals surface area contributed by atoms with Gasteiger partial charge in [-0.15, -0.1) is 6.42 Å². The minimum atomic E-state index is -0.527. The summed E-state index contributed by atoms with van der Waals surface area (Å²) in [4.78, 5) is 16.7. The normalized spacial score (nSPS) is 10.7. The predicted molar refractivity (Wildman–Crippen MR) is 127 cm³/mol. The summed E-state index contributed by atoms with van der Waals surface area (Å²) in [7, 11) is 0. The number of rotatable bonds is 14. The molecule has 0 aliphatic heterocycles. The lowest BCUT2D eigenvalue weighted by molar-refractivity contribution is 0.0182. The molecule has 0 unspecified atom stereocenters. The van der Waals surface area contributed by atoms with E-state index in [2.05, 4.69) is 16.0 Å². The first-order chi connectivity index (χ1) is 16.7. The molecule has 2 aromatic heterocycles. The molecule has 0 aliphatic rings. The Morgan fingerprint density at radius 2 is 1.74 bits per heavy atom. The molecule has 2 heterocycles. The van der Waals surface area contributed by atoms with E-state index in [1.54, 1.807) is 23.1 Å². The molecule has 9 nitrogen and oxygen atoms in total. The fraction of sp³-hybridized carbons (Fsp3) is 0.320. The molecule has 0 spiro atoms. The molecule has 3 rings (SSSR count). The monoisotopic (exact) mass is 464 g/mol. The number of aromatic nitrogens is 3. The molecule has 0 amide bonds. The zero-order valence-corrected chi connectivity index (χ0v) is 18.9. The van der Waals surface area contributed by atoms with Gasteiger partial charge in [-0.3, -0.25) is 4.68 Å². The maximum Gasteiger partial charge on any atom is 0.342 e. The fourth-order valence-electron chi connectivity index (χ4n) is 2.96. The van der Waals surface area contributed by atoms with Crippen molar-refractivity contribution >= 4 is 11.8 Å². The van der Waals surface area contributed by atoms with Crippen LogP contribution >= 0.6 is 0 Å². The van der Waals surface area contributed by atoms with Crippen molar-refractivity contribution in [3.05, 3.63) is 66.1 Å². The van der Waals surface area contributed by atoms with Gasteiger partial charge in [0.05, 0.1) is 45.8 Å². The van der Waals surface area contributed by atoms with Crippen LogP contribution in [0.5, 0.6) is 0 Å². The number of nitrogen functional groups attached to an aromatic ring is 1. The van der Waals surface area contributed by atoms with Gasteiger partial charge in [-0.2, -0.15) is 5.10 Å². The van der Waals surface area contributed by atoms with Crippen molar-refractivity contribution in [3.63, 3.8) is 0 Å². The second-order valence-corrected chi connectivity index (χ2v) is 7.19. The Labute approximate surface area is 198 Å². The van der Waals surface area contributed by atoms with E-state index in [9.17, 15) is 4.79 Å². The number of hydrogen-bond acceptors (Lipinski definition) is 8. The number of carbonyl (C=O) groups excluding carboxylic acids is 1. The first-order valence-electron chi connectivity index (χ1n) is 10.8. The lowest BCUT2D eigenvalue weighted by atomic mass is 10.1. The van der Waals surface area contributed by atoms with Crippen molar-refractivity contribution in [2.45, 2.75) is 13.2 Å². The van der Waals surface area contributed by atoms with Gasteiger partial charge >= 0.3 is 5.97 Å². The molecule has 0 radical (unpaired) electrons. The summed E-state index contributed by atoms with van der Waals surface area (Å²) in [5, 5.41) is 4.34. The van der Waals surface area contributed by atoms with E-state index < -0.39 is 5.97 Å². The third kappa shape index (κ3) is 8.01. The topological polar surface area (TPSA) is 111 Å². The van der Waals surface area contributed by atoms with E-state index in [1.165, 1.54) is 0 Å². The van der Waals surface area contributed by atoms with Gasteiger partial charge in [0.2, 0.25) is 0 Å². The standard InChI is InChI=1S/C25H28N4O5/c1-2-9-31-11-13-33-14-12-32-10-8-29-18-22(17-28-29)21-15-23(24(26)27-16-21)25(30)34-19-20-6-4-3-5-7-20/h1,3-7,15-18H,8-14,19H2,(H2,26,27). The van der Waals surface area contributed by atoms with Crippen molar-refractivity contribution in [3.8, 4) is 23.5 Å². The van der Waals surface area contributed by atoms with E-state index in [0.717, 1.165) is 11.1 Å². The molecule has 2 N–H and O–H groups in total. The maximum absolute atomic E-state index is 12.5. The molecule has 178 valence electrons. The molecule has 0 saturated heterocycles. The number of hydrogen-bond donors (Lipinski definition) is 1. The molecule has 0 saturated carbocycles. The Morgan fingerprint density at radius 3 is 2.50 bits per heavy atom. The highest BCUT2D eigenvalue weighted by molar-refractivity contribution is 5.95. The average molecular weight is 465 g/mol. The highest BCUT2D eigenvalue weighted by atomic mass is 16.5. The minimum Gasteiger partial charge on any atom is -0.457 e. The van der Waals surface area contributed by atoms with Crippen LogP contribution in [0.4, 0.5) is 5.82 Å². The Hall–Kier alpha value is -3.71. The Bertz CT molecular complexity index is 1080. The number of anilines is 1. The molecule has 0 atom stereocenters. The van der Waals surface area contributed by atoms with Crippen LogP contribution in [0.2, 0.25) is 0 Å². The maximum atomic E-state index is 12.5. The van der Waals surface area contributed by atoms with E-state index in [1.807, 2.05) is 36.5 Å². The lowest BCUT2D eigenvalue weighted by Gasteiger charge is -2.08. The molecule has 34 heavy (non-hydrogen) atoms. The van der Waals surface area contributed by atoms with Gasteiger partial charge < -0.3 is 24.7 Å². The first kappa shape index (κ1) is 24.9. The van der Waals surface area contributed by atoms with Crippen LogP contribution in [0, 0.1) is 12.3 Å². The first-order valence-corrected chi connectivity index (χ1v) is 10.8. The van der Waals surface area contributed by atoms with Crippen molar-refractivity contribution < 1.29 is 23.7 Å². The third-order valence-electron chi connectivity index (χ3n) is 4.71. The van der Waals surface area contributed by atoms with Crippen molar-refractivity contribution in [1.82, 2.24) is 14.8 Å². The number of benzene rings is 1. The van der Waals surface area contributed by atoms with Crippen LogP contribution in [0.25, 0.3) is 11.1 Å². The number of carbonyl (C=O) groups is 1. The number of pyridine rings is 1. The SMILES string of the molecule is C#CCOCCOCCOCCn1cc(-c2cnc(N)c(C(=O)OCc3ccccc3)c2)cn1. The second-order valence-electron chi connectivity index (χ2n) is 7.19. The van der Waals surface area contributed by atoms with Crippen molar-refractivity contribution in [1.29, 1.82) is 0 Å². The highest BCUT2D eigenvalue weighted by Gasteiger charge is 2.15. The van der Waals surface area contributed by atoms with Crippen LogP contribution in [0.3, 0.4) is 0 Å². The Morgan fingerprint density at radius 1 is 1.00 bits per heavy atom. The van der Waals surface area contributed by atoms with E-state index in [0.29, 0.717) is 45.1 Å².